The predicted molar refractivity (Wildman–Crippen MR) is 61.8 cm³/mol. The van der Waals surface area contributed by atoms with Crippen LogP contribution in [0.15, 0.2) is 0 Å². The second-order valence-electron chi connectivity index (χ2n) is 4.42. The van der Waals surface area contributed by atoms with Gasteiger partial charge in [-0.1, -0.05) is 0 Å². The molecule has 0 aromatic heterocycles. The van der Waals surface area contributed by atoms with Crippen molar-refractivity contribution in [3.63, 3.8) is 0 Å². The Bertz CT molecular complexity index is 344. The molecule has 1 aliphatic rings. The largest absolute Gasteiger partial charge is 0.481 e. The van der Waals surface area contributed by atoms with E-state index in [4.69, 9.17) is 15.9 Å². The lowest BCUT2D eigenvalue weighted by Gasteiger charge is -2.34. The maximum absolute atomic E-state index is 12.0. The van der Waals surface area contributed by atoms with Crippen LogP contribution in [0.2, 0.25) is 0 Å². The van der Waals surface area contributed by atoms with Crippen LogP contribution in [-0.2, 0) is 14.4 Å². The number of nitrogens with two attached hydrogens (primary N) is 1. The highest BCUT2D eigenvalue weighted by molar-refractivity contribution is 5.87. The molecule has 0 saturated carbocycles. The van der Waals surface area contributed by atoms with Crippen LogP contribution in [0.5, 0.6) is 0 Å². The van der Waals surface area contributed by atoms with Crippen LogP contribution < -0.4 is 5.73 Å². The summed E-state index contributed by atoms with van der Waals surface area (Å²) in [6.45, 7) is 0.372. The van der Waals surface area contributed by atoms with E-state index in [1.54, 1.807) is 0 Å². The number of likely N-dealkylation sites (tertiary alicyclic amines) is 1. The van der Waals surface area contributed by atoms with Crippen molar-refractivity contribution in [1.29, 1.82) is 0 Å². The van der Waals surface area contributed by atoms with Crippen molar-refractivity contribution in [2.45, 2.75) is 44.2 Å². The number of hydrogen-bond donors (Lipinski definition) is 3. The zero-order valence-corrected chi connectivity index (χ0v) is 10.0. The van der Waals surface area contributed by atoms with Crippen molar-refractivity contribution >= 4 is 17.8 Å². The average Bonchev–Trinajstić information content (AvgIpc) is 2.34. The highest BCUT2D eigenvalue weighted by Gasteiger charge is 2.34. The summed E-state index contributed by atoms with van der Waals surface area (Å²) >= 11 is 0. The van der Waals surface area contributed by atoms with E-state index in [0.29, 0.717) is 13.0 Å². The molecule has 0 aromatic carbocycles. The third kappa shape index (κ3) is 3.69. The first-order chi connectivity index (χ1) is 8.43. The van der Waals surface area contributed by atoms with Gasteiger partial charge in [0.2, 0.25) is 5.91 Å². The second kappa shape index (κ2) is 6.34. The molecule has 1 amide bonds. The molecule has 7 nitrogen and oxygen atoms in total. The SMILES string of the molecule is NC(CCC(=O)O)C(=O)N1CCCC[C@@H]1C(=O)O. The summed E-state index contributed by atoms with van der Waals surface area (Å²) in [4.78, 5) is 34.7. The van der Waals surface area contributed by atoms with E-state index in [2.05, 4.69) is 0 Å². The van der Waals surface area contributed by atoms with Gasteiger partial charge in [-0.3, -0.25) is 9.59 Å². The summed E-state index contributed by atoms with van der Waals surface area (Å²) in [6.07, 6.45) is 1.77. The van der Waals surface area contributed by atoms with Gasteiger partial charge < -0.3 is 20.8 Å². The van der Waals surface area contributed by atoms with Gasteiger partial charge in [0.25, 0.3) is 0 Å². The summed E-state index contributed by atoms with van der Waals surface area (Å²) in [6, 6.07) is -1.77. The summed E-state index contributed by atoms with van der Waals surface area (Å²) < 4.78 is 0. The van der Waals surface area contributed by atoms with E-state index in [1.807, 2.05) is 0 Å². The fourth-order valence-electron chi connectivity index (χ4n) is 2.07. The zero-order valence-electron chi connectivity index (χ0n) is 10.0. The van der Waals surface area contributed by atoms with Gasteiger partial charge in [0, 0.05) is 13.0 Å². The van der Waals surface area contributed by atoms with Crippen molar-refractivity contribution in [2.24, 2.45) is 5.73 Å². The minimum atomic E-state index is -1.03. The van der Waals surface area contributed by atoms with Crippen LogP contribution in [0.3, 0.4) is 0 Å². The first-order valence-electron chi connectivity index (χ1n) is 5.94. The topological polar surface area (TPSA) is 121 Å². The van der Waals surface area contributed by atoms with Crippen LogP contribution >= 0.6 is 0 Å². The molecule has 18 heavy (non-hydrogen) atoms. The Hall–Kier alpha value is -1.63. The Morgan fingerprint density at radius 2 is 1.94 bits per heavy atom. The molecule has 1 heterocycles. The fraction of sp³-hybridized carbons (Fsp3) is 0.727. The molecule has 0 aliphatic carbocycles. The van der Waals surface area contributed by atoms with Gasteiger partial charge in [0.15, 0.2) is 0 Å². The smallest absolute Gasteiger partial charge is 0.326 e. The maximum Gasteiger partial charge on any atom is 0.326 e. The Morgan fingerprint density at radius 3 is 2.50 bits per heavy atom. The number of piperidine rings is 1. The number of carboxylic acid groups (broad SMARTS) is 2. The molecule has 1 aliphatic heterocycles. The second-order valence-corrected chi connectivity index (χ2v) is 4.42. The monoisotopic (exact) mass is 258 g/mol. The van der Waals surface area contributed by atoms with Gasteiger partial charge in [-0.25, -0.2) is 4.79 Å². The molecule has 102 valence electrons. The molecule has 4 N–H and O–H groups in total. The standard InChI is InChI=1S/C11H18N2O5/c12-7(4-5-9(14)15)10(16)13-6-2-1-3-8(13)11(17)18/h7-8H,1-6,12H2,(H,14,15)(H,17,18)/t7?,8-/m1/s1. The lowest BCUT2D eigenvalue weighted by Crippen LogP contribution is -2.53. The highest BCUT2D eigenvalue weighted by atomic mass is 16.4. The van der Waals surface area contributed by atoms with E-state index < -0.39 is 29.9 Å². The number of nitrogens with zero attached hydrogens (tertiary/aromatic N) is 1. The maximum atomic E-state index is 12.0. The van der Waals surface area contributed by atoms with Crippen LogP contribution in [0, 0.1) is 0 Å². The van der Waals surface area contributed by atoms with Crippen LogP contribution in [0.25, 0.3) is 0 Å². The van der Waals surface area contributed by atoms with Crippen molar-refractivity contribution in [2.75, 3.05) is 6.54 Å². The zero-order chi connectivity index (χ0) is 13.7. The fourth-order valence-corrected chi connectivity index (χ4v) is 2.07. The summed E-state index contributed by atoms with van der Waals surface area (Å²) in [5.74, 6) is -2.52. The molecule has 2 atom stereocenters. The molecular weight excluding hydrogens is 240 g/mol. The van der Waals surface area contributed by atoms with Gasteiger partial charge in [-0.2, -0.15) is 0 Å². The number of hydrogen-bond acceptors (Lipinski definition) is 4. The van der Waals surface area contributed by atoms with Gasteiger partial charge >= 0.3 is 11.9 Å². The number of carbonyl (C=O) groups is 3. The van der Waals surface area contributed by atoms with E-state index in [-0.39, 0.29) is 12.8 Å². The lowest BCUT2D eigenvalue weighted by molar-refractivity contribution is -0.152. The van der Waals surface area contributed by atoms with Gasteiger partial charge in [0.1, 0.15) is 6.04 Å². The minimum absolute atomic E-state index is 0.0248. The predicted octanol–water partition coefficient (Wildman–Crippen LogP) is -0.356. The summed E-state index contributed by atoms with van der Waals surface area (Å²) in [7, 11) is 0. The summed E-state index contributed by atoms with van der Waals surface area (Å²) in [5.41, 5.74) is 5.61. The highest BCUT2D eigenvalue weighted by Crippen LogP contribution is 2.18. The Kier molecular flexibility index (Phi) is 5.08. The number of rotatable bonds is 5. The minimum Gasteiger partial charge on any atom is -0.481 e. The van der Waals surface area contributed by atoms with Crippen molar-refractivity contribution in [1.82, 2.24) is 4.90 Å². The molecule has 1 fully saturated rings. The first kappa shape index (κ1) is 14.4. The quantitative estimate of drug-likeness (QED) is 0.619. The molecule has 1 rings (SSSR count). The Labute approximate surface area is 105 Å². The molecule has 0 radical (unpaired) electrons. The normalized spacial score (nSPS) is 21.4. The molecule has 1 saturated heterocycles. The number of carboxylic acids is 2. The average molecular weight is 258 g/mol. The lowest BCUT2D eigenvalue weighted by atomic mass is 10.0. The van der Waals surface area contributed by atoms with Gasteiger partial charge in [-0.05, 0) is 25.7 Å². The molecule has 1 unspecified atom stereocenters. The molecular formula is C11H18N2O5. The first-order valence-corrected chi connectivity index (χ1v) is 5.94. The molecule has 0 aromatic rings. The number of carbonyl (C=O) groups excluding carboxylic acids is 1. The van der Waals surface area contributed by atoms with Crippen LogP contribution in [0.1, 0.15) is 32.1 Å². The van der Waals surface area contributed by atoms with E-state index in [1.165, 1.54) is 4.90 Å². The van der Waals surface area contributed by atoms with Crippen LogP contribution in [-0.4, -0.2) is 51.6 Å². The van der Waals surface area contributed by atoms with Gasteiger partial charge in [-0.15, -0.1) is 0 Å². The van der Waals surface area contributed by atoms with E-state index in [9.17, 15) is 14.4 Å². The third-order valence-electron chi connectivity index (χ3n) is 3.06. The van der Waals surface area contributed by atoms with Crippen LogP contribution in [0.4, 0.5) is 0 Å². The number of amides is 1. The van der Waals surface area contributed by atoms with Crippen molar-refractivity contribution in [3.8, 4) is 0 Å². The molecule has 0 spiro atoms. The van der Waals surface area contributed by atoms with E-state index >= 15 is 0 Å². The third-order valence-corrected chi connectivity index (χ3v) is 3.06. The Morgan fingerprint density at radius 1 is 1.28 bits per heavy atom. The number of aliphatic carboxylic acids is 2. The van der Waals surface area contributed by atoms with Crippen molar-refractivity contribution < 1.29 is 24.6 Å². The van der Waals surface area contributed by atoms with E-state index in [0.717, 1.165) is 12.8 Å². The molecule has 0 bridgehead atoms. The molecule has 7 heteroatoms. The summed E-state index contributed by atoms with van der Waals surface area (Å²) in [5, 5.41) is 17.5. The Balaban J connectivity index is 2.62. The van der Waals surface area contributed by atoms with Gasteiger partial charge in [0.05, 0.1) is 6.04 Å². The van der Waals surface area contributed by atoms with Crippen molar-refractivity contribution in [3.05, 3.63) is 0 Å².